The Morgan fingerprint density at radius 2 is 2.27 bits per heavy atom. The average Bonchev–Trinajstić information content (AvgIpc) is 2.20. The molecule has 0 spiro atoms. The molecule has 1 heterocycles. The average molecular weight is 231 g/mol. The van der Waals surface area contributed by atoms with E-state index in [1.165, 1.54) is 18.6 Å². The van der Waals surface area contributed by atoms with Crippen molar-refractivity contribution in [2.75, 3.05) is 25.5 Å². The molecule has 1 aliphatic rings. The van der Waals surface area contributed by atoms with E-state index in [1.54, 1.807) is 0 Å². The number of hydrogen-bond acceptors (Lipinski definition) is 3. The Morgan fingerprint density at radius 1 is 1.47 bits per heavy atom. The quantitative estimate of drug-likeness (QED) is 0.710. The van der Waals surface area contributed by atoms with Crippen molar-refractivity contribution >= 4 is 11.8 Å². The van der Waals surface area contributed by atoms with Crippen molar-refractivity contribution in [3.05, 3.63) is 0 Å². The first-order valence-corrected chi connectivity index (χ1v) is 7.17. The van der Waals surface area contributed by atoms with Crippen LogP contribution < -0.4 is 5.32 Å². The van der Waals surface area contributed by atoms with Gasteiger partial charge in [-0.25, -0.2) is 0 Å². The maximum Gasteiger partial charge on any atom is 0.0591 e. The number of nitrogens with one attached hydrogen (secondary N) is 1. The molecule has 3 heteroatoms. The number of hydrogen-bond donors (Lipinski definition) is 1. The van der Waals surface area contributed by atoms with E-state index in [9.17, 15) is 0 Å². The van der Waals surface area contributed by atoms with Gasteiger partial charge < -0.3 is 10.1 Å². The van der Waals surface area contributed by atoms with E-state index < -0.39 is 0 Å². The highest BCUT2D eigenvalue weighted by atomic mass is 32.2. The van der Waals surface area contributed by atoms with Crippen LogP contribution in [0.15, 0.2) is 0 Å². The molecule has 1 saturated heterocycles. The standard InChI is InChI=1S/C12H25NOS/c1-10(2)9-14-7-6-13-12-5-4-8-15-11(12)3/h10-13H,4-9H2,1-3H3. The second kappa shape index (κ2) is 7.53. The summed E-state index contributed by atoms with van der Waals surface area (Å²) < 4.78 is 5.55. The third-order valence-corrected chi connectivity index (χ3v) is 4.09. The molecular weight excluding hydrogens is 206 g/mol. The van der Waals surface area contributed by atoms with Gasteiger partial charge in [-0.15, -0.1) is 0 Å². The van der Waals surface area contributed by atoms with Gasteiger partial charge >= 0.3 is 0 Å². The molecule has 1 N–H and O–H groups in total. The van der Waals surface area contributed by atoms with Gasteiger partial charge in [0.2, 0.25) is 0 Å². The topological polar surface area (TPSA) is 21.3 Å². The van der Waals surface area contributed by atoms with Gasteiger partial charge in [0.1, 0.15) is 0 Å². The summed E-state index contributed by atoms with van der Waals surface area (Å²) in [5.41, 5.74) is 0. The predicted octanol–water partition coefficient (Wildman–Crippen LogP) is 2.53. The van der Waals surface area contributed by atoms with Gasteiger partial charge in [-0.3, -0.25) is 0 Å². The van der Waals surface area contributed by atoms with Crippen LogP contribution in [0.5, 0.6) is 0 Å². The van der Waals surface area contributed by atoms with E-state index in [4.69, 9.17) is 4.74 Å². The molecule has 2 unspecified atom stereocenters. The first-order valence-electron chi connectivity index (χ1n) is 6.13. The number of ether oxygens (including phenoxy) is 1. The molecule has 0 aromatic heterocycles. The molecule has 1 aliphatic heterocycles. The smallest absolute Gasteiger partial charge is 0.0591 e. The Labute approximate surface area is 98.5 Å². The molecule has 0 aliphatic carbocycles. The maximum absolute atomic E-state index is 5.55. The van der Waals surface area contributed by atoms with E-state index >= 15 is 0 Å². The van der Waals surface area contributed by atoms with E-state index in [0.717, 1.165) is 25.0 Å². The Bertz CT molecular complexity index is 164. The minimum Gasteiger partial charge on any atom is -0.380 e. The van der Waals surface area contributed by atoms with Crippen molar-refractivity contribution in [1.29, 1.82) is 0 Å². The fourth-order valence-electron chi connectivity index (χ4n) is 1.83. The molecule has 2 nitrogen and oxygen atoms in total. The van der Waals surface area contributed by atoms with Crippen LogP contribution >= 0.6 is 11.8 Å². The lowest BCUT2D eigenvalue weighted by atomic mass is 10.1. The lowest BCUT2D eigenvalue weighted by Gasteiger charge is -2.29. The third kappa shape index (κ3) is 5.79. The van der Waals surface area contributed by atoms with Crippen LogP contribution in [0.1, 0.15) is 33.6 Å². The zero-order chi connectivity index (χ0) is 11.1. The lowest BCUT2D eigenvalue weighted by Crippen LogP contribution is -2.40. The van der Waals surface area contributed by atoms with Crippen molar-refractivity contribution in [2.24, 2.45) is 5.92 Å². The molecule has 0 radical (unpaired) electrons. The molecule has 90 valence electrons. The van der Waals surface area contributed by atoms with Crippen LogP contribution in [0.4, 0.5) is 0 Å². The second-order valence-corrected chi connectivity index (χ2v) is 6.23. The summed E-state index contributed by atoms with van der Waals surface area (Å²) in [5.74, 6) is 1.98. The van der Waals surface area contributed by atoms with Crippen LogP contribution in [0, 0.1) is 5.92 Å². The number of rotatable bonds is 6. The molecule has 0 aromatic rings. The van der Waals surface area contributed by atoms with Gasteiger partial charge in [0.05, 0.1) is 6.61 Å². The SMILES string of the molecule is CC(C)COCCNC1CCCSC1C. The summed E-state index contributed by atoms with van der Waals surface area (Å²) in [7, 11) is 0. The van der Waals surface area contributed by atoms with Gasteiger partial charge in [0.25, 0.3) is 0 Å². The highest BCUT2D eigenvalue weighted by Crippen LogP contribution is 2.24. The number of thioether (sulfide) groups is 1. The van der Waals surface area contributed by atoms with Crippen molar-refractivity contribution in [1.82, 2.24) is 5.32 Å². The van der Waals surface area contributed by atoms with Gasteiger partial charge in [-0.1, -0.05) is 20.8 Å². The molecule has 1 fully saturated rings. The second-order valence-electron chi connectivity index (χ2n) is 4.75. The van der Waals surface area contributed by atoms with E-state index in [2.05, 4.69) is 37.8 Å². The van der Waals surface area contributed by atoms with Gasteiger partial charge in [-0.05, 0) is 24.5 Å². The first kappa shape index (κ1) is 13.3. The molecule has 2 atom stereocenters. The van der Waals surface area contributed by atoms with Crippen LogP contribution in [-0.2, 0) is 4.74 Å². The molecule has 15 heavy (non-hydrogen) atoms. The largest absolute Gasteiger partial charge is 0.380 e. The summed E-state index contributed by atoms with van der Waals surface area (Å²) in [5, 5.41) is 4.37. The first-order chi connectivity index (χ1) is 7.20. The van der Waals surface area contributed by atoms with Crippen LogP contribution in [0.3, 0.4) is 0 Å². The summed E-state index contributed by atoms with van der Waals surface area (Å²) in [6.45, 7) is 9.45. The van der Waals surface area contributed by atoms with Crippen molar-refractivity contribution in [3.8, 4) is 0 Å². The Balaban J connectivity index is 1.99. The van der Waals surface area contributed by atoms with Crippen molar-refractivity contribution in [3.63, 3.8) is 0 Å². The fraction of sp³-hybridized carbons (Fsp3) is 1.00. The van der Waals surface area contributed by atoms with E-state index in [1.807, 2.05) is 0 Å². The van der Waals surface area contributed by atoms with Gasteiger partial charge in [0, 0.05) is 24.4 Å². The minimum absolute atomic E-state index is 0.647. The molecule has 1 rings (SSSR count). The Hall–Kier alpha value is 0.270. The highest BCUT2D eigenvalue weighted by Gasteiger charge is 2.20. The van der Waals surface area contributed by atoms with Crippen LogP contribution in [-0.4, -0.2) is 36.8 Å². The maximum atomic E-state index is 5.55. The van der Waals surface area contributed by atoms with Crippen molar-refractivity contribution in [2.45, 2.75) is 44.9 Å². The zero-order valence-corrected chi connectivity index (χ0v) is 11.1. The highest BCUT2D eigenvalue weighted by molar-refractivity contribution is 7.99. The van der Waals surface area contributed by atoms with Crippen LogP contribution in [0.25, 0.3) is 0 Å². The van der Waals surface area contributed by atoms with E-state index in [0.29, 0.717) is 12.0 Å². The van der Waals surface area contributed by atoms with Crippen LogP contribution in [0.2, 0.25) is 0 Å². The molecule has 0 bridgehead atoms. The van der Waals surface area contributed by atoms with E-state index in [-0.39, 0.29) is 0 Å². The molecule has 0 saturated carbocycles. The summed E-state index contributed by atoms with van der Waals surface area (Å²) in [6.07, 6.45) is 2.69. The van der Waals surface area contributed by atoms with Gasteiger partial charge in [-0.2, -0.15) is 11.8 Å². The summed E-state index contributed by atoms with van der Waals surface area (Å²) in [4.78, 5) is 0. The Morgan fingerprint density at radius 3 is 2.93 bits per heavy atom. The van der Waals surface area contributed by atoms with Gasteiger partial charge in [0.15, 0.2) is 0 Å². The fourth-order valence-corrected chi connectivity index (χ4v) is 3.00. The predicted molar refractivity (Wildman–Crippen MR) is 68.6 cm³/mol. The molecule has 0 amide bonds. The Kier molecular flexibility index (Phi) is 6.69. The molecular formula is C12H25NOS. The normalized spacial score (nSPS) is 27.2. The monoisotopic (exact) mass is 231 g/mol. The summed E-state index contributed by atoms with van der Waals surface area (Å²) in [6, 6.07) is 0.700. The molecule has 0 aromatic carbocycles. The summed E-state index contributed by atoms with van der Waals surface area (Å²) >= 11 is 2.09. The third-order valence-electron chi connectivity index (χ3n) is 2.71. The zero-order valence-electron chi connectivity index (χ0n) is 10.3. The van der Waals surface area contributed by atoms with Crippen molar-refractivity contribution < 1.29 is 4.74 Å². The minimum atomic E-state index is 0.647. The lowest BCUT2D eigenvalue weighted by molar-refractivity contribution is 0.109.